The zero-order chi connectivity index (χ0) is 16.0. The quantitative estimate of drug-likeness (QED) is 0.691. The van der Waals surface area contributed by atoms with E-state index in [1.54, 1.807) is 23.8 Å². The minimum Gasteiger partial charge on any atom is -0.481 e. The second-order valence-corrected chi connectivity index (χ2v) is 5.30. The Bertz CT molecular complexity index is 399. The average molecular weight is 300 g/mol. The molecular formula is C14H24N2O5. The number of amides is 2. The molecule has 0 aromatic heterocycles. The van der Waals surface area contributed by atoms with E-state index in [1.807, 2.05) is 6.92 Å². The molecule has 0 aliphatic carbocycles. The third kappa shape index (κ3) is 4.70. The van der Waals surface area contributed by atoms with Crippen LogP contribution >= 0.6 is 0 Å². The molecule has 21 heavy (non-hydrogen) atoms. The van der Waals surface area contributed by atoms with Crippen LogP contribution in [0.4, 0.5) is 0 Å². The van der Waals surface area contributed by atoms with E-state index < -0.39 is 5.97 Å². The Morgan fingerprint density at radius 2 is 2.19 bits per heavy atom. The molecule has 0 bridgehead atoms. The standard InChI is InChI=1S/C14H24N2O5/c1-4-16(10(2)7-13(18)19)14(20)11-8-12(17)15(9-11)5-6-21-3/h10-11H,4-9H2,1-3H3,(H,18,19). The molecule has 1 heterocycles. The lowest BCUT2D eigenvalue weighted by Gasteiger charge is -2.29. The molecule has 120 valence electrons. The fraction of sp³-hybridized carbons (Fsp3) is 0.786. The van der Waals surface area contributed by atoms with Gasteiger partial charge in [0.15, 0.2) is 0 Å². The van der Waals surface area contributed by atoms with Crippen molar-refractivity contribution in [2.75, 3.05) is 33.4 Å². The molecule has 1 saturated heterocycles. The summed E-state index contributed by atoms with van der Waals surface area (Å²) in [5, 5.41) is 8.84. The number of carbonyl (C=O) groups is 3. The summed E-state index contributed by atoms with van der Waals surface area (Å²) in [5.41, 5.74) is 0. The van der Waals surface area contributed by atoms with Gasteiger partial charge in [-0.15, -0.1) is 0 Å². The Labute approximate surface area is 124 Å². The van der Waals surface area contributed by atoms with Crippen LogP contribution in [-0.2, 0) is 19.1 Å². The van der Waals surface area contributed by atoms with Crippen LogP contribution in [0.15, 0.2) is 0 Å². The van der Waals surface area contributed by atoms with Gasteiger partial charge in [-0.1, -0.05) is 0 Å². The highest BCUT2D eigenvalue weighted by molar-refractivity contribution is 5.89. The molecule has 0 saturated carbocycles. The summed E-state index contributed by atoms with van der Waals surface area (Å²) >= 11 is 0. The first-order chi connectivity index (χ1) is 9.90. The Kier molecular flexibility index (Phi) is 6.61. The summed E-state index contributed by atoms with van der Waals surface area (Å²) in [4.78, 5) is 38.3. The maximum Gasteiger partial charge on any atom is 0.305 e. The van der Waals surface area contributed by atoms with Crippen molar-refractivity contribution in [3.05, 3.63) is 0 Å². The lowest BCUT2D eigenvalue weighted by molar-refractivity contribution is -0.142. The van der Waals surface area contributed by atoms with Crippen LogP contribution in [-0.4, -0.2) is 72.1 Å². The Morgan fingerprint density at radius 1 is 1.52 bits per heavy atom. The van der Waals surface area contributed by atoms with Gasteiger partial charge in [0.25, 0.3) is 0 Å². The third-order valence-electron chi connectivity index (χ3n) is 3.75. The van der Waals surface area contributed by atoms with E-state index in [9.17, 15) is 14.4 Å². The second kappa shape index (κ2) is 7.97. The summed E-state index contributed by atoms with van der Waals surface area (Å²) in [6.45, 7) is 5.29. The fourth-order valence-electron chi connectivity index (χ4n) is 2.64. The highest BCUT2D eigenvalue weighted by Gasteiger charge is 2.37. The van der Waals surface area contributed by atoms with Gasteiger partial charge < -0.3 is 19.6 Å². The van der Waals surface area contributed by atoms with Crippen LogP contribution in [0.1, 0.15) is 26.7 Å². The summed E-state index contributed by atoms with van der Waals surface area (Å²) in [6.07, 6.45) is 0.104. The number of aliphatic carboxylic acids is 1. The lowest BCUT2D eigenvalue weighted by Crippen LogP contribution is -2.43. The topological polar surface area (TPSA) is 87.2 Å². The van der Waals surface area contributed by atoms with Crippen LogP contribution < -0.4 is 0 Å². The predicted octanol–water partition coefficient (Wildman–Crippen LogP) is 0.193. The number of methoxy groups -OCH3 is 1. The fourth-order valence-corrected chi connectivity index (χ4v) is 2.64. The number of carbonyl (C=O) groups excluding carboxylic acids is 2. The maximum atomic E-state index is 12.5. The molecule has 1 rings (SSSR count). The van der Waals surface area contributed by atoms with Gasteiger partial charge in [-0.3, -0.25) is 14.4 Å². The van der Waals surface area contributed by atoms with Gasteiger partial charge in [-0.2, -0.15) is 0 Å². The molecule has 2 atom stereocenters. The first-order valence-corrected chi connectivity index (χ1v) is 7.19. The third-order valence-corrected chi connectivity index (χ3v) is 3.75. The average Bonchev–Trinajstić information content (AvgIpc) is 2.77. The van der Waals surface area contributed by atoms with Crippen LogP contribution in [0.2, 0.25) is 0 Å². The van der Waals surface area contributed by atoms with E-state index in [0.717, 1.165) is 0 Å². The molecule has 0 radical (unpaired) electrons. The molecule has 1 N–H and O–H groups in total. The normalized spacial score (nSPS) is 19.7. The summed E-state index contributed by atoms with van der Waals surface area (Å²) < 4.78 is 4.94. The smallest absolute Gasteiger partial charge is 0.305 e. The zero-order valence-corrected chi connectivity index (χ0v) is 12.9. The first kappa shape index (κ1) is 17.4. The maximum absolute atomic E-state index is 12.5. The van der Waals surface area contributed by atoms with E-state index in [2.05, 4.69) is 0 Å². The Balaban J connectivity index is 2.65. The summed E-state index contributed by atoms with van der Waals surface area (Å²) in [6, 6.07) is -0.372. The SMILES string of the molecule is CCN(C(=O)C1CC(=O)N(CCOC)C1)C(C)CC(=O)O. The van der Waals surface area contributed by atoms with Crippen LogP contribution in [0, 0.1) is 5.92 Å². The van der Waals surface area contributed by atoms with E-state index in [-0.39, 0.29) is 36.6 Å². The van der Waals surface area contributed by atoms with Crippen molar-refractivity contribution >= 4 is 17.8 Å². The van der Waals surface area contributed by atoms with Crippen molar-refractivity contribution in [2.24, 2.45) is 5.92 Å². The number of rotatable bonds is 8. The van der Waals surface area contributed by atoms with Gasteiger partial charge in [0.05, 0.1) is 18.9 Å². The van der Waals surface area contributed by atoms with Crippen molar-refractivity contribution in [3.8, 4) is 0 Å². The first-order valence-electron chi connectivity index (χ1n) is 7.19. The van der Waals surface area contributed by atoms with Crippen LogP contribution in [0.25, 0.3) is 0 Å². The molecule has 1 fully saturated rings. The number of likely N-dealkylation sites (tertiary alicyclic amines) is 1. The highest BCUT2D eigenvalue weighted by atomic mass is 16.5. The molecule has 0 spiro atoms. The molecule has 7 nitrogen and oxygen atoms in total. The van der Waals surface area contributed by atoms with Crippen molar-refractivity contribution in [1.29, 1.82) is 0 Å². The minimum absolute atomic E-state index is 0.0488. The van der Waals surface area contributed by atoms with Crippen molar-refractivity contribution in [2.45, 2.75) is 32.7 Å². The van der Waals surface area contributed by atoms with E-state index >= 15 is 0 Å². The monoisotopic (exact) mass is 300 g/mol. The number of ether oxygens (including phenoxy) is 1. The molecule has 7 heteroatoms. The summed E-state index contributed by atoms with van der Waals surface area (Å²) in [5.74, 6) is -1.50. The zero-order valence-electron chi connectivity index (χ0n) is 12.9. The van der Waals surface area contributed by atoms with Crippen molar-refractivity contribution in [1.82, 2.24) is 9.80 Å². The van der Waals surface area contributed by atoms with Gasteiger partial charge >= 0.3 is 5.97 Å². The van der Waals surface area contributed by atoms with Gasteiger partial charge in [-0.05, 0) is 13.8 Å². The molecule has 2 amide bonds. The molecule has 0 aromatic carbocycles. The number of hydrogen-bond acceptors (Lipinski definition) is 4. The predicted molar refractivity (Wildman–Crippen MR) is 75.7 cm³/mol. The van der Waals surface area contributed by atoms with E-state index in [4.69, 9.17) is 9.84 Å². The highest BCUT2D eigenvalue weighted by Crippen LogP contribution is 2.21. The van der Waals surface area contributed by atoms with Gasteiger partial charge in [0.1, 0.15) is 0 Å². The molecular weight excluding hydrogens is 276 g/mol. The molecule has 2 unspecified atom stereocenters. The van der Waals surface area contributed by atoms with Crippen molar-refractivity contribution < 1.29 is 24.2 Å². The second-order valence-electron chi connectivity index (χ2n) is 5.30. The molecule has 1 aliphatic heterocycles. The largest absolute Gasteiger partial charge is 0.481 e. The minimum atomic E-state index is -0.932. The Hall–Kier alpha value is -1.63. The lowest BCUT2D eigenvalue weighted by atomic mass is 10.1. The number of carboxylic acids is 1. The number of carboxylic acid groups (broad SMARTS) is 1. The van der Waals surface area contributed by atoms with E-state index in [0.29, 0.717) is 26.2 Å². The van der Waals surface area contributed by atoms with E-state index in [1.165, 1.54) is 0 Å². The van der Waals surface area contributed by atoms with Crippen molar-refractivity contribution in [3.63, 3.8) is 0 Å². The van der Waals surface area contributed by atoms with Crippen LogP contribution in [0.3, 0.4) is 0 Å². The molecule has 1 aliphatic rings. The summed E-state index contributed by atoms with van der Waals surface area (Å²) in [7, 11) is 1.57. The number of hydrogen-bond donors (Lipinski definition) is 1. The number of nitrogens with zero attached hydrogens (tertiary/aromatic N) is 2. The van der Waals surface area contributed by atoms with Crippen LogP contribution in [0.5, 0.6) is 0 Å². The van der Waals surface area contributed by atoms with Gasteiger partial charge in [0.2, 0.25) is 11.8 Å². The van der Waals surface area contributed by atoms with Gasteiger partial charge in [0, 0.05) is 39.2 Å². The molecule has 0 aromatic rings. The van der Waals surface area contributed by atoms with Gasteiger partial charge in [-0.25, -0.2) is 0 Å². The Morgan fingerprint density at radius 3 is 2.71 bits per heavy atom.